The van der Waals surface area contributed by atoms with Crippen LogP contribution >= 0.6 is 0 Å². The lowest BCUT2D eigenvalue weighted by Gasteiger charge is -2.34. The minimum atomic E-state index is -4.70. The maximum absolute atomic E-state index is 13.7. The molecule has 0 aromatic carbocycles. The summed E-state index contributed by atoms with van der Waals surface area (Å²) in [6.07, 6.45) is -1.86. The molecule has 4 rings (SSSR count). The minimum absolute atomic E-state index is 0.0477. The Morgan fingerprint density at radius 2 is 1.97 bits per heavy atom. The lowest BCUT2D eigenvalue weighted by atomic mass is 10.0. The van der Waals surface area contributed by atoms with Crippen LogP contribution in [0, 0.1) is 0 Å². The molecular weight excluding hydrogens is 435 g/mol. The molecule has 2 aromatic rings. The smallest absolute Gasteiger partial charge is 0.384 e. The van der Waals surface area contributed by atoms with Gasteiger partial charge in [-0.15, -0.1) is 0 Å². The summed E-state index contributed by atoms with van der Waals surface area (Å²) in [5.74, 6) is -0.106. The Morgan fingerprint density at radius 1 is 1.26 bits per heavy atom. The zero-order valence-corrected chi connectivity index (χ0v) is 17.8. The van der Waals surface area contributed by atoms with Crippen LogP contribution < -0.4 is 10.6 Å². The maximum Gasteiger partial charge on any atom is 0.417 e. The SMILES string of the molecule is C[C@H]1COCCN1c1nc(-c2cnc(N)cc2C(F)(F)F)cc(C2(S(C)(=O)=O)CC2)n1. The van der Waals surface area contributed by atoms with Gasteiger partial charge in [-0.3, -0.25) is 0 Å². The van der Waals surface area contributed by atoms with Gasteiger partial charge >= 0.3 is 6.18 Å². The molecule has 31 heavy (non-hydrogen) atoms. The molecule has 8 nitrogen and oxygen atoms in total. The number of nitrogens with zero attached hydrogens (tertiary/aromatic N) is 4. The largest absolute Gasteiger partial charge is 0.417 e. The topological polar surface area (TPSA) is 111 Å². The Balaban J connectivity index is 1.94. The van der Waals surface area contributed by atoms with Crippen LogP contribution in [-0.2, 0) is 25.5 Å². The van der Waals surface area contributed by atoms with E-state index in [1.165, 1.54) is 6.07 Å². The molecule has 1 aliphatic heterocycles. The van der Waals surface area contributed by atoms with Crippen molar-refractivity contribution in [1.29, 1.82) is 0 Å². The van der Waals surface area contributed by atoms with Gasteiger partial charge < -0.3 is 15.4 Å². The molecule has 2 aliphatic rings. The van der Waals surface area contributed by atoms with Crippen LogP contribution in [0.5, 0.6) is 0 Å². The van der Waals surface area contributed by atoms with Crippen LogP contribution in [0.15, 0.2) is 18.3 Å². The number of ether oxygens (including phenoxy) is 1. The number of nitrogen functional groups attached to an aromatic ring is 1. The van der Waals surface area contributed by atoms with E-state index >= 15 is 0 Å². The molecule has 1 aliphatic carbocycles. The number of alkyl halides is 3. The third-order valence-electron chi connectivity index (χ3n) is 5.73. The van der Waals surface area contributed by atoms with E-state index in [4.69, 9.17) is 10.5 Å². The summed E-state index contributed by atoms with van der Waals surface area (Å²) in [6.45, 7) is 3.12. The molecule has 1 saturated heterocycles. The van der Waals surface area contributed by atoms with E-state index in [9.17, 15) is 21.6 Å². The number of pyridine rings is 1. The van der Waals surface area contributed by atoms with Crippen molar-refractivity contribution in [2.24, 2.45) is 0 Å². The zero-order chi connectivity index (χ0) is 22.6. The molecule has 0 bridgehead atoms. The van der Waals surface area contributed by atoms with Gasteiger partial charge in [0, 0.05) is 24.6 Å². The van der Waals surface area contributed by atoms with E-state index in [-0.39, 0.29) is 34.8 Å². The molecule has 2 fully saturated rings. The summed E-state index contributed by atoms with van der Waals surface area (Å²) in [5, 5.41) is 0. The third kappa shape index (κ3) is 3.93. The number of rotatable bonds is 4. The molecule has 2 N–H and O–H groups in total. The van der Waals surface area contributed by atoms with Crippen molar-refractivity contribution in [3.05, 3.63) is 29.6 Å². The van der Waals surface area contributed by atoms with Crippen LogP contribution in [0.25, 0.3) is 11.3 Å². The van der Waals surface area contributed by atoms with Crippen molar-refractivity contribution in [3.63, 3.8) is 0 Å². The van der Waals surface area contributed by atoms with Gasteiger partial charge in [0.2, 0.25) is 5.95 Å². The van der Waals surface area contributed by atoms with Crippen LogP contribution in [0.2, 0.25) is 0 Å². The Hall–Kier alpha value is -2.47. The van der Waals surface area contributed by atoms with E-state index in [2.05, 4.69) is 15.0 Å². The molecule has 3 heterocycles. The highest BCUT2D eigenvalue weighted by molar-refractivity contribution is 7.91. The number of hydrogen-bond acceptors (Lipinski definition) is 8. The second kappa shape index (κ2) is 7.30. The van der Waals surface area contributed by atoms with Gasteiger partial charge in [0.25, 0.3) is 0 Å². The quantitative estimate of drug-likeness (QED) is 0.745. The first kappa shape index (κ1) is 21.8. The van der Waals surface area contributed by atoms with Crippen LogP contribution in [0.3, 0.4) is 0 Å². The molecule has 2 aromatic heterocycles. The first-order chi connectivity index (χ1) is 14.4. The van der Waals surface area contributed by atoms with Crippen molar-refractivity contribution >= 4 is 21.6 Å². The van der Waals surface area contributed by atoms with E-state index in [1.54, 1.807) is 0 Å². The number of morpholine rings is 1. The van der Waals surface area contributed by atoms with Gasteiger partial charge in [0.05, 0.1) is 36.2 Å². The van der Waals surface area contributed by atoms with E-state index in [1.807, 2.05) is 11.8 Å². The highest BCUT2D eigenvalue weighted by Gasteiger charge is 2.55. The van der Waals surface area contributed by atoms with E-state index in [0.29, 0.717) is 32.6 Å². The molecule has 1 saturated carbocycles. The van der Waals surface area contributed by atoms with Gasteiger partial charge in [-0.25, -0.2) is 23.4 Å². The van der Waals surface area contributed by atoms with E-state index < -0.39 is 26.3 Å². The average Bonchev–Trinajstić information content (AvgIpc) is 3.49. The Bertz CT molecular complexity index is 1120. The molecule has 0 radical (unpaired) electrons. The highest BCUT2D eigenvalue weighted by Crippen LogP contribution is 2.52. The molecule has 0 unspecified atom stereocenters. The van der Waals surface area contributed by atoms with Crippen LogP contribution in [-0.4, -0.2) is 55.4 Å². The van der Waals surface area contributed by atoms with Gasteiger partial charge in [0.1, 0.15) is 10.6 Å². The van der Waals surface area contributed by atoms with Gasteiger partial charge in [-0.1, -0.05) is 0 Å². The van der Waals surface area contributed by atoms with Gasteiger partial charge in [0.15, 0.2) is 9.84 Å². The standard InChI is InChI=1S/C19H22F3N5O3S/c1-11-10-30-6-5-27(11)17-25-14(8-15(26-17)18(3-4-18)31(2,28)29)12-9-24-16(23)7-13(12)19(20,21)22/h7-9,11H,3-6,10H2,1-2H3,(H2,23,24)/t11-/m0/s1. The molecule has 168 valence electrons. The minimum Gasteiger partial charge on any atom is -0.384 e. The number of nitrogens with two attached hydrogens (primary N) is 1. The summed E-state index contributed by atoms with van der Waals surface area (Å²) in [5.41, 5.74) is 4.36. The van der Waals surface area contributed by atoms with Crippen molar-refractivity contribution in [2.75, 3.05) is 36.6 Å². The normalized spacial score (nSPS) is 21.2. The van der Waals surface area contributed by atoms with Crippen molar-refractivity contribution in [2.45, 2.75) is 36.7 Å². The van der Waals surface area contributed by atoms with Crippen molar-refractivity contribution < 1.29 is 26.3 Å². The summed E-state index contributed by atoms with van der Waals surface area (Å²) in [4.78, 5) is 14.5. The highest BCUT2D eigenvalue weighted by atomic mass is 32.2. The second-order valence-electron chi connectivity index (χ2n) is 7.97. The van der Waals surface area contributed by atoms with Gasteiger partial charge in [-0.05, 0) is 31.9 Å². The van der Waals surface area contributed by atoms with Crippen molar-refractivity contribution in [1.82, 2.24) is 15.0 Å². The lowest BCUT2D eigenvalue weighted by molar-refractivity contribution is -0.137. The predicted octanol–water partition coefficient (Wildman–Crippen LogP) is 2.40. The molecule has 12 heteroatoms. The molecule has 0 amide bonds. The first-order valence-electron chi connectivity index (χ1n) is 9.69. The Morgan fingerprint density at radius 3 is 2.55 bits per heavy atom. The summed E-state index contributed by atoms with van der Waals surface area (Å²) in [7, 11) is -3.54. The fourth-order valence-corrected chi connectivity index (χ4v) is 5.13. The number of sulfone groups is 1. The number of anilines is 2. The molecule has 1 atom stereocenters. The second-order valence-corrected chi connectivity index (χ2v) is 10.3. The molecule has 0 spiro atoms. The first-order valence-corrected chi connectivity index (χ1v) is 11.6. The lowest BCUT2D eigenvalue weighted by Crippen LogP contribution is -2.45. The average molecular weight is 457 g/mol. The third-order valence-corrected chi connectivity index (χ3v) is 7.76. The predicted molar refractivity (Wildman–Crippen MR) is 108 cm³/mol. The fraction of sp³-hybridized carbons (Fsp3) is 0.526. The maximum atomic E-state index is 13.7. The van der Waals surface area contributed by atoms with Crippen molar-refractivity contribution in [3.8, 4) is 11.3 Å². The van der Waals surface area contributed by atoms with Crippen LogP contribution in [0.4, 0.5) is 24.9 Å². The van der Waals surface area contributed by atoms with Gasteiger partial charge in [-0.2, -0.15) is 13.2 Å². The van der Waals surface area contributed by atoms with E-state index in [0.717, 1.165) is 18.5 Å². The van der Waals surface area contributed by atoms with Crippen LogP contribution in [0.1, 0.15) is 31.0 Å². The number of aromatic nitrogens is 3. The fourth-order valence-electron chi connectivity index (χ4n) is 3.80. The summed E-state index contributed by atoms with van der Waals surface area (Å²) < 4.78 is 70.3. The number of hydrogen-bond donors (Lipinski definition) is 1. The number of halogens is 3. The Labute approximate surface area is 177 Å². The molecular formula is C19H22F3N5O3S. The Kier molecular flexibility index (Phi) is 5.12. The monoisotopic (exact) mass is 457 g/mol. The zero-order valence-electron chi connectivity index (χ0n) is 17.0. The summed E-state index contributed by atoms with van der Waals surface area (Å²) in [6, 6.07) is 1.94. The summed E-state index contributed by atoms with van der Waals surface area (Å²) >= 11 is 0.